The second-order valence-corrected chi connectivity index (χ2v) is 6.55. The van der Waals surface area contributed by atoms with Crippen LogP contribution in [0.15, 0.2) is 35.2 Å². The molecule has 0 aliphatic carbocycles. The maximum atomic E-state index is 11.3. The van der Waals surface area contributed by atoms with Crippen molar-refractivity contribution in [3.63, 3.8) is 0 Å². The van der Waals surface area contributed by atoms with E-state index in [1.165, 1.54) is 6.26 Å². The molecule has 1 aliphatic heterocycles. The van der Waals surface area contributed by atoms with Crippen LogP contribution in [0.5, 0.6) is 0 Å². The number of carbonyl (C=O) groups excluding carboxylic acids is 1. The second-order valence-electron chi connectivity index (χ2n) is 4.54. The van der Waals surface area contributed by atoms with Crippen LogP contribution in [-0.2, 0) is 14.6 Å². The van der Waals surface area contributed by atoms with Crippen molar-refractivity contribution in [1.82, 2.24) is 10.9 Å². The molecule has 0 spiro atoms. The Hall–Kier alpha value is -1.66. The van der Waals surface area contributed by atoms with Gasteiger partial charge in [-0.3, -0.25) is 10.2 Å². The monoisotopic (exact) mass is 280 g/mol. The maximum absolute atomic E-state index is 11.3. The summed E-state index contributed by atoms with van der Waals surface area (Å²) in [5.41, 5.74) is 6.39. The van der Waals surface area contributed by atoms with Gasteiger partial charge >= 0.3 is 0 Å². The quantitative estimate of drug-likeness (QED) is 0.862. The number of hydrogen-bond acceptors (Lipinski definition) is 4. The van der Waals surface area contributed by atoms with Crippen molar-refractivity contribution >= 4 is 21.8 Å². The molecule has 5 nitrogen and oxygen atoms in total. The van der Waals surface area contributed by atoms with Gasteiger partial charge in [-0.1, -0.05) is 24.3 Å². The lowest BCUT2D eigenvalue weighted by Crippen LogP contribution is -2.48. The normalized spacial score (nSPS) is 20.5. The third-order valence-corrected chi connectivity index (χ3v) is 4.04. The van der Waals surface area contributed by atoms with Crippen molar-refractivity contribution in [3.8, 4) is 0 Å². The van der Waals surface area contributed by atoms with E-state index in [0.717, 1.165) is 12.0 Å². The molecule has 1 atom stereocenters. The minimum absolute atomic E-state index is 0.00200. The number of rotatable bonds is 3. The number of amides is 1. The Morgan fingerprint density at radius 2 is 1.95 bits per heavy atom. The number of carbonyl (C=O) groups is 1. The molecule has 1 heterocycles. The highest BCUT2D eigenvalue weighted by atomic mass is 32.2. The van der Waals surface area contributed by atoms with Crippen molar-refractivity contribution in [2.75, 3.05) is 6.26 Å². The van der Waals surface area contributed by atoms with Crippen LogP contribution in [-0.4, -0.2) is 26.6 Å². The van der Waals surface area contributed by atoms with Crippen LogP contribution in [0, 0.1) is 0 Å². The first kappa shape index (κ1) is 13.8. The predicted molar refractivity (Wildman–Crippen MR) is 72.9 cm³/mol. The van der Waals surface area contributed by atoms with Crippen LogP contribution in [0.2, 0.25) is 0 Å². The lowest BCUT2D eigenvalue weighted by atomic mass is 10.1. The lowest BCUT2D eigenvalue weighted by Gasteiger charge is -2.20. The summed E-state index contributed by atoms with van der Waals surface area (Å²) >= 11 is 0. The first-order valence-electron chi connectivity index (χ1n) is 5.98. The molecule has 0 bridgehead atoms. The van der Waals surface area contributed by atoms with E-state index in [2.05, 4.69) is 10.9 Å². The molecule has 1 amide bonds. The lowest BCUT2D eigenvalue weighted by molar-refractivity contribution is -0.123. The Morgan fingerprint density at radius 3 is 2.47 bits per heavy atom. The van der Waals surface area contributed by atoms with E-state index in [1.807, 2.05) is 12.2 Å². The zero-order valence-electron chi connectivity index (χ0n) is 10.6. The maximum Gasteiger partial charge on any atom is 0.234 e. The van der Waals surface area contributed by atoms with Gasteiger partial charge in [0.05, 0.1) is 4.90 Å². The molecular formula is C13H16N2O3S. The summed E-state index contributed by atoms with van der Waals surface area (Å²) < 4.78 is 22.6. The van der Waals surface area contributed by atoms with Crippen LogP contribution >= 0.6 is 0 Å². The Morgan fingerprint density at radius 1 is 1.26 bits per heavy atom. The topological polar surface area (TPSA) is 75.3 Å². The van der Waals surface area contributed by atoms with E-state index < -0.39 is 9.84 Å². The standard InChI is InChI=1S/C13H16N2O3S/c1-19(17,18)12-7-3-10(4-8-12)2-5-11-6-9-13(16)15-14-11/h2-5,7-8,11,14H,6,9H2,1H3,(H,15,16)/b5-2+. The molecule has 0 aromatic heterocycles. The molecule has 0 saturated carbocycles. The van der Waals surface area contributed by atoms with Gasteiger partial charge in [-0.15, -0.1) is 0 Å². The van der Waals surface area contributed by atoms with E-state index >= 15 is 0 Å². The van der Waals surface area contributed by atoms with Gasteiger partial charge in [0.25, 0.3) is 0 Å². The fourth-order valence-electron chi connectivity index (χ4n) is 1.79. The molecule has 1 aromatic carbocycles. The molecule has 2 N–H and O–H groups in total. The van der Waals surface area contributed by atoms with Gasteiger partial charge in [-0.2, -0.15) is 0 Å². The molecule has 1 fully saturated rings. The van der Waals surface area contributed by atoms with Gasteiger partial charge in [0.15, 0.2) is 9.84 Å². The van der Waals surface area contributed by atoms with Crippen LogP contribution in [0.25, 0.3) is 6.08 Å². The highest BCUT2D eigenvalue weighted by molar-refractivity contribution is 7.90. The van der Waals surface area contributed by atoms with E-state index in [1.54, 1.807) is 24.3 Å². The van der Waals surface area contributed by atoms with Gasteiger partial charge in [-0.05, 0) is 24.1 Å². The summed E-state index contributed by atoms with van der Waals surface area (Å²) in [7, 11) is -3.15. The van der Waals surface area contributed by atoms with Crippen molar-refractivity contribution in [3.05, 3.63) is 35.9 Å². The van der Waals surface area contributed by atoms with Crippen molar-refractivity contribution < 1.29 is 13.2 Å². The SMILES string of the molecule is CS(=O)(=O)c1ccc(/C=C/C2CCC(=O)NN2)cc1. The van der Waals surface area contributed by atoms with E-state index in [9.17, 15) is 13.2 Å². The number of hydrogen-bond donors (Lipinski definition) is 2. The molecule has 1 aromatic rings. The Bertz CT molecular complexity index is 581. The van der Waals surface area contributed by atoms with Crippen LogP contribution in [0.1, 0.15) is 18.4 Å². The number of benzene rings is 1. The average Bonchev–Trinajstić information content (AvgIpc) is 2.37. The van der Waals surface area contributed by atoms with Gasteiger partial charge < -0.3 is 0 Å². The van der Waals surface area contributed by atoms with E-state index in [-0.39, 0.29) is 11.9 Å². The fourth-order valence-corrected chi connectivity index (χ4v) is 2.42. The third-order valence-electron chi connectivity index (χ3n) is 2.91. The summed E-state index contributed by atoms with van der Waals surface area (Å²) in [4.78, 5) is 11.3. The van der Waals surface area contributed by atoms with Crippen LogP contribution in [0.3, 0.4) is 0 Å². The number of sulfone groups is 1. The van der Waals surface area contributed by atoms with Crippen LogP contribution in [0.4, 0.5) is 0 Å². The highest BCUT2D eigenvalue weighted by Gasteiger charge is 2.14. The zero-order chi connectivity index (χ0) is 13.9. The molecule has 19 heavy (non-hydrogen) atoms. The van der Waals surface area contributed by atoms with Crippen LogP contribution < -0.4 is 10.9 Å². The van der Waals surface area contributed by atoms with Gasteiger partial charge in [0, 0.05) is 18.7 Å². The predicted octanol–water partition coefficient (Wildman–Crippen LogP) is 0.886. The summed E-state index contributed by atoms with van der Waals surface area (Å²) in [6, 6.07) is 6.80. The smallest absolute Gasteiger partial charge is 0.234 e. The Labute approximate surface area is 112 Å². The first-order valence-corrected chi connectivity index (χ1v) is 7.87. The summed E-state index contributed by atoms with van der Waals surface area (Å²) in [6.07, 6.45) is 6.31. The van der Waals surface area contributed by atoms with E-state index in [0.29, 0.717) is 11.3 Å². The zero-order valence-corrected chi connectivity index (χ0v) is 11.4. The Kier molecular flexibility index (Phi) is 4.01. The molecule has 1 unspecified atom stereocenters. The van der Waals surface area contributed by atoms with Crippen molar-refractivity contribution in [2.45, 2.75) is 23.8 Å². The van der Waals surface area contributed by atoms with Gasteiger partial charge in [0.1, 0.15) is 0 Å². The molecular weight excluding hydrogens is 264 g/mol. The minimum Gasteiger partial charge on any atom is -0.291 e. The summed E-state index contributed by atoms with van der Waals surface area (Å²) in [5, 5.41) is 0. The second kappa shape index (κ2) is 5.54. The van der Waals surface area contributed by atoms with E-state index in [4.69, 9.17) is 0 Å². The average molecular weight is 280 g/mol. The van der Waals surface area contributed by atoms with Crippen molar-refractivity contribution in [2.24, 2.45) is 0 Å². The summed E-state index contributed by atoms with van der Waals surface area (Å²) in [5.74, 6) is 0.00200. The molecule has 0 radical (unpaired) electrons. The largest absolute Gasteiger partial charge is 0.291 e. The number of hydrazine groups is 1. The molecule has 1 saturated heterocycles. The van der Waals surface area contributed by atoms with Gasteiger partial charge in [0.2, 0.25) is 5.91 Å². The molecule has 102 valence electrons. The molecule has 6 heteroatoms. The minimum atomic E-state index is -3.15. The Balaban J connectivity index is 2.01. The van der Waals surface area contributed by atoms with Gasteiger partial charge in [-0.25, -0.2) is 13.8 Å². The molecule has 2 rings (SSSR count). The highest BCUT2D eigenvalue weighted by Crippen LogP contribution is 2.12. The molecule has 1 aliphatic rings. The fraction of sp³-hybridized carbons (Fsp3) is 0.308. The van der Waals surface area contributed by atoms with Crippen molar-refractivity contribution in [1.29, 1.82) is 0 Å². The third kappa shape index (κ3) is 3.90. The summed E-state index contributed by atoms with van der Waals surface area (Å²) in [6.45, 7) is 0. The number of nitrogens with one attached hydrogen (secondary N) is 2. The first-order chi connectivity index (χ1) is 8.95.